The molecule has 0 spiro atoms. The third kappa shape index (κ3) is 7.46. The minimum Gasteiger partial charge on any atom is -0.441 e. The zero-order valence-electron chi connectivity index (χ0n) is 18.8. The molecular formula is C25H28F3N3O2. The highest BCUT2D eigenvalue weighted by Crippen LogP contribution is 2.30. The molecule has 8 heteroatoms. The van der Waals surface area contributed by atoms with Crippen molar-refractivity contribution in [3.8, 4) is 11.3 Å². The van der Waals surface area contributed by atoms with Crippen LogP contribution in [0.15, 0.2) is 65.2 Å². The monoisotopic (exact) mass is 459 g/mol. The molecule has 1 heterocycles. The minimum absolute atomic E-state index is 0.107. The van der Waals surface area contributed by atoms with Crippen molar-refractivity contribution in [1.82, 2.24) is 14.8 Å². The van der Waals surface area contributed by atoms with E-state index in [1.807, 2.05) is 49.3 Å². The molecule has 0 unspecified atom stereocenters. The lowest BCUT2D eigenvalue weighted by molar-refractivity contribution is -0.137. The summed E-state index contributed by atoms with van der Waals surface area (Å²) in [4.78, 5) is 20.7. The normalized spacial score (nSPS) is 11.7. The molecule has 2 aromatic carbocycles. The van der Waals surface area contributed by atoms with Crippen LogP contribution in [0.1, 0.15) is 29.9 Å². The summed E-state index contributed by atoms with van der Waals surface area (Å²) in [6.45, 7) is 1.18. The molecule has 0 saturated carbocycles. The maximum atomic E-state index is 13.1. The molecule has 0 radical (unpaired) electrons. The Morgan fingerprint density at radius 3 is 2.48 bits per heavy atom. The Morgan fingerprint density at radius 1 is 1.03 bits per heavy atom. The highest BCUT2D eigenvalue weighted by molar-refractivity contribution is 5.76. The highest BCUT2D eigenvalue weighted by atomic mass is 19.4. The topological polar surface area (TPSA) is 49.6 Å². The molecule has 0 aliphatic carbocycles. The Labute approximate surface area is 191 Å². The average molecular weight is 460 g/mol. The van der Waals surface area contributed by atoms with Crippen LogP contribution in [0, 0.1) is 0 Å². The van der Waals surface area contributed by atoms with Crippen LogP contribution in [0.4, 0.5) is 13.2 Å². The number of aryl methyl sites for hydroxylation is 1. The van der Waals surface area contributed by atoms with Gasteiger partial charge in [-0.15, -0.1) is 0 Å². The molecule has 0 bridgehead atoms. The molecule has 0 aliphatic heterocycles. The SMILES string of the molecule is CN(C)CCN(Cc1cccc(C(F)(F)F)c1)C(=O)CCCc1ncc(-c2ccccc2)o1. The molecule has 0 saturated heterocycles. The molecule has 33 heavy (non-hydrogen) atoms. The van der Waals surface area contributed by atoms with E-state index in [2.05, 4.69) is 4.98 Å². The highest BCUT2D eigenvalue weighted by Gasteiger charge is 2.30. The van der Waals surface area contributed by atoms with E-state index in [1.54, 1.807) is 17.2 Å². The van der Waals surface area contributed by atoms with Crippen molar-refractivity contribution in [3.63, 3.8) is 0 Å². The molecule has 0 fully saturated rings. The molecule has 0 N–H and O–H groups in total. The van der Waals surface area contributed by atoms with Crippen LogP contribution in [-0.2, 0) is 23.9 Å². The fourth-order valence-electron chi connectivity index (χ4n) is 3.39. The number of oxazole rings is 1. The van der Waals surface area contributed by atoms with Gasteiger partial charge in [-0.3, -0.25) is 4.79 Å². The predicted molar refractivity (Wildman–Crippen MR) is 120 cm³/mol. The van der Waals surface area contributed by atoms with Crippen molar-refractivity contribution in [2.45, 2.75) is 32.0 Å². The summed E-state index contributed by atoms with van der Waals surface area (Å²) in [5.41, 5.74) is 0.679. The number of amides is 1. The molecule has 1 aromatic heterocycles. The van der Waals surface area contributed by atoms with Gasteiger partial charge >= 0.3 is 6.18 Å². The second-order valence-corrected chi connectivity index (χ2v) is 8.15. The number of rotatable bonds is 10. The first-order valence-electron chi connectivity index (χ1n) is 10.8. The van der Waals surface area contributed by atoms with E-state index < -0.39 is 11.7 Å². The Morgan fingerprint density at radius 2 is 1.79 bits per heavy atom. The van der Waals surface area contributed by atoms with Gasteiger partial charge in [-0.1, -0.05) is 42.5 Å². The number of carbonyl (C=O) groups excluding carboxylic acids is 1. The summed E-state index contributed by atoms with van der Waals surface area (Å²) in [5, 5.41) is 0. The Balaban J connectivity index is 1.59. The summed E-state index contributed by atoms with van der Waals surface area (Å²) in [7, 11) is 3.78. The number of alkyl halides is 3. The molecule has 176 valence electrons. The minimum atomic E-state index is -4.41. The second-order valence-electron chi connectivity index (χ2n) is 8.15. The van der Waals surface area contributed by atoms with Gasteiger partial charge in [0.15, 0.2) is 11.7 Å². The van der Waals surface area contributed by atoms with Crippen LogP contribution in [0.5, 0.6) is 0 Å². The average Bonchev–Trinajstić information content (AvgIpc) is 3.25. The fraction of sp³-hybridized carbons (Fsp3) is 0.360. The van der Waals surface area contributed by atoms with Crippen molar-refractivity contribution in [1.29, 1.82) is 0 Å². The van der Waals surface area contributed by atoms with E-state index in [4.69, 9.17) is 4.42 Å². The third-order valence-electron chi connectivity index (χ3n) is 5.19. The Hall–Kier alpha value is -3.13. The number of benzene rings is 2. The first-order chi connectivity index (χ1) is 15.7. The molecule has 1 amide bonds. The van der Waals surface area contributed by atoms with Crippen molar-refractivity contribution in [2.24, 2.45) is 0 Å². The maximum absolute atomic E-state index is 13.1. The van der Waals surface area contributed by atoms with E-state index in [0.717, 1.165) is 17.7 Å². The molecule has 0 atom stereocenters. The lowest BCUT2D eigenvalue weighted by Crippen LogP contribution is -2.36. The van der Waals surface area contributed by atoms with Crippen LogP contribution >= 0.6 is 0 Å². The van der Waals surface area contributed by atoms with Gasteiger partial charge in [-0.25, -0.2) is 4.98 Å². The number of nitrogens with zero attached hydrogens (tertiary/aromatic N) is 3. The number of hydrogen-bond donors (Lipinski definition) is 0. The first kappa shape index (κ1) is 24.5. The van der Waals surface area contributed by atoms with Gasteiger partial charge in [0, 0.05) is 38.0 Å². The third-order valence-corrected chi connectivity index (χ3v) is 5.19. The maximum Gasteiger partial charge on any atom is 0.416 e. The number of likely N-dealkylation sites (N-methyl/N-ethyl adjacent to an activating group) is 1. The van der Waals surface area contributed by atoms with E-state index in [0.29, 0.717) is 43.1 Å². The van der Waals surface area contributed by atoms with Crippen LogP contribution in [0.3, 0.4) is 0 Å². The van der Waals surface area contributed by atoms with E-state index in [9.17, 15) is 18.0 Å². The lowest BCUT2D eigenvalue weighted by Gasteiger charge is -2.25. The van der Waals surface area contributed by atoms with Gasteiger partial charge in [0.2, 0.25) is 5.91 Å². The quantitative estimate of drug-likeness (QED) is 0.414. The van der Waals surface area contributed by atoms with Gasteiger partial charge in [-0.05, 0) is 38.2 Å². The molecule has 0 aliphatic rings. The standard InChI is InChI=1S/C25H28F3N3O2/c1-30(2)14-15-31(18-19-8-6-11-21(16-19)25(26,27)28)24(32)13-7-12-23-29-17-22(33-23)20-9-4-3-5-10-20/h3-6,8-11,16-17H,7,12-15,18H2,1-2H3. The number of aromatic nitrogens is 1. The molecule has 5 nitrogen and oxygen atoms in total. The fourth-order valence-corrected chi connectivity index (χ4v) is 3.39. The zero-order valence-corrected chi connectivity index (χ0v) is 18.8. The summed E-state index contributed by atoms with van der Waals surface area (Å²) in [5.74, 6) is 1.12. The molecular weight excluding hydrogens is 431 g/mol. The molecule has 3 rings (SSSR count). The second kappa shape index (κ2) is 11.1. The van der Waals surface area contributed by atoms with Crippen molar-refractivity contribution in [3.05, 3.63) is 77.8 Å². The number of halogens is 3. The number of carbonyl (C=O) groups is 1. The van der Waals surface area contributed by atoms with Crippen molar-refractivity contribution >= 4 is 5.91 Å². The van der Waals surface area contributed by atoms with Crippen LogP contribution in [0.2, 0.25) is 0 Å². The summed E-state index contributed by atoms with van der Waals surface area (Å²) in [6.07, 6.45) is -1.44. The Bertz CT molecular complexity index is 1030. The van der Waals surface area contributed by atoms with Crippen LogP contribution < -0.4 is 0 Å². The smallest absolute Gasteiger partial charge is 0.416 e. The summed E-state index contributed by atoms with van der Waals surface area (Å²) >= 11 is 0. The van der Waals surface area contributed by atoms with Gasteiger partial charge < -0.3 is 14.2 Å². The predicted octanol–water partition coefficient (Wildman–Crippen LogP) is 5.27. The van der Waals surface area contributed by atoms with Gasteiger partial charge in [-0.2, -0.15) is 13.2 Å². The van der Waals surface area contributed by atoms with E-state index in [1.165, 1.54) is 6.07 Å². The van der Waals surface area contributed by atoms with E-state index >= 15 is 0 Å². The van der Waals surface area contributed by atoms with E-state index in [-0.39, 0.29) is 18.9 Å². The van der Waals surface area contributed by atoms with Gasteiger partial charge in [0.1, 0.15) is 0 Å². The van der Waals surface area contributed by atoms with Crippen molar-refractivity contribution in [2.75, 3.05) is 27.2 Å². The molecule has 3 aromatic rings. The number of hydrogen-bond acceptors (Lipinski definition) is 4. The van der Waals surface area contributed by atoms with Crippen LogP contribution in [-0.4, -0.2) is 47.9 Å². The Kier molecular flexibility index (Phi) is 8.27. The first-order valence-corrected chi connectivity index (χ1v) is 10.8. The van der Waals surface area contributed by atoms with Crippen molar-refractivity contribution < 1.29 is 22.4 Å². The van der Waals surface area contributed by atoms with Gasteiger partial charge in [0.05, 0.1) is 11.8 Å². The lowest BCUT2D eigenvalue weighted by atomic mass is 10.1. The van der Waals surface area contributed by atoms with Gasteiger partial charge in [0.25, 0.3) is 0 Å². The zero-order chi connectivity index (χ0) is 23.8. The summed E-state index contributed by atoms with van der Waals surface area (Å²) < 4.78 is 44.9. The summed E-state index contributed by atoms with van der Waals surface area (Å²) in [6, 6.07) is 14.8. The van der Waals surface area contributed by atoms with Crippen LogP contribution in [0.25, 0.3) is 11.3 Å². The largest absolute Gasteiger partial charge is 0.441 e.